The smallest absolute Gasteiger partial charge is 0.330 e. The summed E-state index contributed by atoms with van der Waals surface area (Å²) in [5.74, 6) is 0.969. The predicted molar refractivity (Wildman–Crippen MR) is 63.6 cm³/mol. The third kappa shape index (κ3) is 9.51. The third-order valence-corrected chi connectivity index (χ3v) is 2.03. The molecule has 0 aliphatic heterocycles. The van der Waals surface area contributed by atoms with Gasteiger partial charge < -0.3 is 4.74 Å². The number of carbonyl (C=O) groups is 1. The predicted octanol–water partition coefficient (Wildman–Crippen LogP) is 3.57. The van der Waals surface area contributed by atoms with Gasteiger partial charge in [-0.1, -0.05) is 33.3 Å². The van der Waals surface area contributed by atoms with Crippen LogP contribution < -0.4 is 0 Å². The molecule has 0 spiro atoms. The van der Waals surface area contributed by atoms with Crippen LogP contribution in [0.15, 0.2) is 11.6 Å². The molecule has 0 fully saturated rings. The van der Waals surface area contributed by atoms with Crippen LogP contribution in [0.4, 0.5) is 0 Å². The lowest BCUT2D eigenvalue weighted by Gasteiger charge is -2.06. The van der Waals surface area contributed by atoms with Crippen LogP contribution in [-0.2, 0) is 9.53 Å². The molecule has 88 valence electrons. The molecule has 0 aromatic carbocycles. The Bertz CT molecular complexity index is 215. The Morgan fingerprint density at radius 3 is 2.27 bits per heavy atom. The lowest BCUT2D eigenvalue weighted by Crippen LogP contribution is -2.05. The molecular formula is C13H24O2. The van der Waals surface area contributed by atoms with E-state index in [1.807, 2.05) is 6.92 Å². The van der Waals surface area contributed by atoms with E-state index in [4.69, 9.17) is 4.74 Å². The summed E-state index contributed by atoms with van der Waals surface area (Å²) < 4.78 is 5.09. The molecule has 0 rings (SSSR count). The number of ether oxygens (including phenoxy) is 1. The van der Waals surface area contributed by atoms with Gasteiger partial charge in [0, 0.05) is 6.08 Å². The zero-order valence-electron chi connectivity index (χ0n) is 10.7. The lowest BCUT2D eigenvalue weighted by molar-refractivity contribution is -0.138. The normalized spacial score (nSPS) is 12.3. The van der Waals surface area contributed by atoms with Crippen LogP contribution in [0.5, 0.6) is 0 Å². The Balaban J connectivity index is 3.81. The Morgan fingerprint density at radius 2 is 1.80 bits per heavy atom. The highest BCUT2D eigenvalue weighted by Gasteiger charge is 2.02. The molecule has 0 aromatic rings. The topological polar surface area (TPSA) is 26.3 Å². The van der Waals surface area contributed by atoms with Crippen molar-refractivity contribution in [2.75, 3.05) is 6.61 Å². The molecule has 0 saturated carbocycles. The van der Waals surface area contributed by atoms with E-state index in [2.05, 4.69) is 27.7 Å². The number of hydrogen-bond acceptors (Lipinski definition) is 2. The van der Waals surface area contributed by atoms with E-state index in [-0.39, 0.29) is 5.97 Å². The maximum Gasteiger partial charge on any atom is 0.330 e. The highest BCUT2D eigenvalue weighted by Crippen LogP contribution is 2.09. The molecular weight excluding hydrogens is 188 g/mol. The van der Waals surface area contributed by atoms with E-state index < -0.39 is 0 Å². The van der Waals surface area contributed by atoms with E-state index in [1.54, 1.807) is 6.08 Å². The second-order valence-electron chi connectivity index (χ2n) is 4.94. The fraction of sp³-hybridized carbons (Fsp3) is 0.769. The van der Waals surface area contributed by atoms with Crippen LogP contribution in [0, 0.1) is 11.8 Å². The zero-order chi connectivity index (χ0) is 11.8. The van der Waals surface area contributed by atoms with Crippen molar-refractivity contribution in [3.63, 3.8) is 0 Å². The Hall–Kier alpha value is -0.790. The summed E-state index contributed by atoms with van der Waals surface area (Å²) in [6.45, 7) is 11.0. The first-order valence-corrected chi connectivity index (χ1v) is 5.75. The van der Waals surface area contributed by atoms with Gasteiger partial charge in [-0.05, 0) is 31.6 Å². The maximum atomic E-state index is 11.3. The summed E-state index contributed by atoms with van der Waals surface area (Å²) in [7, 11) is 0. The SMILES string of the molecule is C/C(=C\C(=O)OCCC(C)C)CC(C)C. The van der Waals surface area contributed by atoms with Crippen LogP contribution in [0.1, 0.15) is 47.5 Å². The summed E-state index contributed by atoms with van der Waals surface area (Å²) in [6.07, 6.45) is 3.50. The zero-order valence-corrected chi connectivity index (χ0v) is 10.7. The Morgan fingerprint density at radius 1 is 1.20 bits per heavy atom. The monoisotopic (exact) mass is 212 g/mol. The maximum absolute atomic E-state index is 11.3. The van der Waals surface area contributed by atoms with Crippen LogP contribution in [0.2, 0.25) is 0 Å². The molecule has 2 nitrogen and oxygen atoms in total. The summed E-state index contributed by atoms with van der Waals surface area (Å²) in [5, 5.41) is 0. The van der Waals surface area contributed by atoms with E-state index in [0.717, 1.165) is 18.4 Å². The van der Waals surface area contributed by atoms with Crippen molar-refractivity contribution < 1.29 is 9.53 Å². The molecule has 15 heavy (non-hydrogen) atoms. The number of rotatable bonds is 6. The fourth-order valence-electron chi connectivity index (χ4n) is 1.34. The van der Waals surface area contributed by atoms with Crippen LogP contribution in [0.25, 0.3) is 0 Å². The number of allylic oxidation sites excluding steroid dienone is 1. The molecule has 0 amide bonds. The van der Waals surface area contributed by atoms with Gasteiger partial charge in [0.05, 0.1) is 6.61 Å². The van der Waals surface area contributed by atoms with Crippen molar-refractivity contribution >= 4 is 5.97 Å². The number of hydrogen-bond donors (Lipinski definition) is 0. The standard InChI is InChI=1S/C13H24O2/c1-10(2)6-7-15-13(14)9-12(5)8-11(3)4/h9-11H,6-8H2,1-5H3/b12-9+. The van der Waals surface area contributed by atoms with E-state index >= 15 is 0 Å². The number of carbonyl (C=O) groups excluding carboxylic acids is 1. The average molecular weight is 212 g/mol. The second-order valence-corrected chi connectivity index (χ2v) is 4.94. The van der Waals surface area contributed by atoms with Crippen molar-refractivity contribution in [3.8, 4) is 0 Å². The van der Waals surface area contributed by atoms with Gasteiger partial charge in [-0.2, -0.15) is 0 Å². The second kappa shape index (κ2) is 7.49. The van der Waals surface area contributed by atoms with Crippen molar-refractivity contribution in [1.82, 2.24) is 0 Å². The highest BCUT2D eigenvalue weighted by molar-refractivity contribution is 5.82. The highest BCUT2D eigenvalue weighted by atomic mass is 16.5. The van der Waals surface area contributed by atoms with Crippen LogP contribution in [0.3, 0.4) is 0 Å². The lowest BCUT2D eigenvalue weighted by atomic mass is 10.0. The molecule has 0 atom stereocenters. The Labute approximate surface area is 93.7 Å². The van der Waals surface area contributed by atoms with E-state index in [9.17, 15) is 4.79 Å². The van der Waals surface area contributed by atoms with Gasteiger partial charge in [0.1, 0.15) is 0 Å². The van der Waals surface area contributed by atoms with Gasteiger partial charge >= 0.3 is 5.97 Å². The molecule has 0 aliphatic rings. The molecule has 0 radical (unpaired) electrons. The van der Waals surface area contributed by atoms with Crippen molar-refractivity contribution in [1.29, 1.82) is 0 Å². The summed E-state index contributed by atoms with van der Waals surface area (Å²) in [5.41, 5.74) is 1.10. The summed E-state index contributed by atoms with van der Waals surface area (Å²) in [6, 6.07) is 0. The largest absolute Gasteiger partial charge is 0.463 e. The quantitative estimate of drug-likeness (QED) is 0.497. The van der Waals surface area contributed by atoms with Gasteiger partial charge in [-0.15, -0.1) is 0 Å². The molecule has 0 aliphatic carbocycles. The molecule has 0 heterocycles. The fourth-order valence-corrected chi connectivity index (χ4v) is 1.34. The van der Waals surface area contributed by atoms with Crippen molar-refractivity contribution in [2.24, 2.45) is 11.8 Å². The van der Waals surface area contributed by atoms with Gasteiger partial charge in [-0.25, -0.2) is 4.79 Å². The van der Waals surface area contributed by atoms with Crippen LogP contribution >= 0.6 is 0 Å². The molecule has 0 aromatic heterocycles. The average Bonchev–Trinajstić information content (AvgIpc) is 2.00. The van der Waals surface area contributed by atoms with Crippen molar-refractivity contribution in [3.05, 3.63) is 11.6 Å². The molecule has 0 N–H and O–H groups in total. The molecule has 2 heteroatoms. The minimum Gasteiger partial charge on any atom is -0.463 e. The molecule has 0 unspecified atom stereocenters. The number of esters is 1. The van der Waals surface area contributed by atoms with E-state index in [1.165, 1.54) is 0 Å². The van der Waals surface area contributed by atoms with E-state index in [0.29, 0.717) is 18.4 Å². The summed E-state index contributed by atoms with van der Waals surface area (Å²) in [4.78, 5) is 11.3. The van der Waals surface area contributed by atoms with Gasteiger partial charge in [0.25, 0.3) is 0 Å². The minimum atomic E-state index is -0.200. The van der Waals surface area contributed by atoms with Crippen LogP contribution in [-0.4, -0.2) is 12.6 Å². The van der Waals surface area contributed by atoms with Gasteiger partial charge in [-0.3, -0.25) is 0 Å². The molecule has 0 saturated heterocycles. The molecule has 0 bridgehead atoms. The first-order chi connectivity index (χ1) is 6.91. The Kier molecular flexibility index (Phi) is 7.10. The first kappa shape index (κ1) is 14.2. The minimum absolute atomic E-state index is 0.200. The summed E-state index contributed by atoms with van der Waals surface area (Å²) >= 11 is 0. The first-order valence-electron chi connectivity index (χ1n) is 5.75. The van der Waals surface area contributed by atoms with Gasteiger partial charge in [0.2, 0.25) is 0 Å². The van der Waals surface area contributed by atoms with Crippen molar-refractivity contribution in [2.45, 2.75) is 47.5 Å². The third-order valence-electron chi connectivity index (χ3n) is 2.03. The van der Waals surface area contributed by atoms with Gasteiger partial charge in [0.15, 0.2) is 0 Å².